The molecule has 0 unspecified atom stereocenters. The van der Waals surface area contributed by atoms with Crippen LogP contribution in [0.2, 0.25) is 0 Å². The summed E-state index contributed by atoms with van der Waals surface area (Å²) in [6.45, 7) is 0. The molecule has 0 saturated heterocycles. The van der Waals surface area contributed by atoms with Gasteiger partial charge in [0.1, 0.15) is 0 Å². The van der Waals surface area contributed by atoms with Crippen LogP contribution in [0.5, 0.6) is 0 Å². The van der Waals surface area contributed by atoms with Crippen molar-refractivity contribution in [2.24, 2.45) is 5.10 Å². The average molecular weight is 196 g/mol. The molecule has 0 atom stereocenters. The van der Waals surface area contributed by atoms with Gasteiger partial charge in [0.05, 0.1) is 4.90 Å². The number of benzene rings is 1. The Morgan fingerprint density at radius 2 is 2.08 bits per heavy atom. The summed E-state index contributed by atoms with van der Waals surface area (Å²) in [6.07, 6.45) is 2.09. The van der Waals surface area contributed by atoms with Crippen molar-refractivity contribution >= 4 is 16.2 Å². The Hall–Kier alpha value is -1.36. The Bertz CT molecular complexity index is 451. The fourth-order valence-corrected chi connectivity index (χ4v) is 2.30. The zero-order valence-electron chi connectivity index (χ0n) is 6.77. The van der Waals surface area contributed by atoms with Crippen LogP contribution in [0.4, 0.5) is 0 Å². The molecular weight excluding hydrogens is 188 g/mol. The maximum Gasteiger partial charge on any atom is 0.276 e. The largest absolute Gasteiger partial charge is 0.276 e. The quantitative estimate of drug-likeness (QED) is 0.657. The lowest BCUT2D eigenvalue weighted by molar-refractivity contribution is 0.585. The molecule has 0 aromatic heterocycles. The number of nitrogens with one attached hydrogen (secondary N) is 1. The van der Waals surface area contributed by atoms with Gasteiger partial charge in [-0.3, -0.25) is 0 Å². The second kappa shape index (κ2) is 2.85. The van der Waals surface area contributed by atoms with E-state index in [1.54, 1.807) is 24.4 Å². The van der Waals surface area contributed by atoms with Crippen LogP contribution in [0.3, 0.4) is 0 Å². The van der Waals surface area contributed by atoms with Crippen LogP contribution in [-0.4, -0.2) is 14.6 Å². The van der Waals surface area contributed by atoms with Gasteiger partial charge in [-0.1, -0.05) is 18.2 Å². The van der Waals surface area contributed by atoms with E-state index in [4.69, 9.17) is 0 Å². The molecule has 13 heavy (non-hydrogen) atoms. The van der Waals surface area contributed by atoms with Gasteiger partial charge in [-0.15, -0.1) is 0 Å². The lowest BCUT2D eigenvalue weighted by Crippen LogP contribution is -2.17. The molecule has 0 fully saturated rings. The van der Waals surface area contributed by atoms with Crippen molar-refractivity contribution in [1.82, 2.24) is 4.83 Å². The SMILES string of the molecule is O=S1(=O)NN=CCc2ccccc21. The number of hydrogen-bond donors (Lipinski definition) is 1. The maximum atomic E-state index is 11.5. The minimum absolute atomic E-state index is 0.313. The second-order valence-corrected chi connectivity index (χ2v) is 4.35. The fraction of sp³-hybridized carbons (Fsp3) is 0.125. The van der Waals surface area contributed by atoms with E-state index in [0.29, 0.717) is 11.3 Å². The van der Waals surface area contributed by atoms with E-state index in [2.05, 4.69) is 9.93 Å². The van der Waals surface area contributed by atoms with E-state index in [9.17, 15) is 8.42 Å². The van der Waals surface area contributed by atoms with Crippen molar-refractivity contribution in [2.45, 2.75) is 11.3 Å². The summed E-state index contributed by atoms with van der Waals surface area (Å²) in [5.41, 5.74) is 0.774. The van der Waals surface area contributed by atoms with Crippen molar-refractivity contribution in [3.63, 3.8) is 0 Å². The minimum atomic E-state index is -3.43. The molecule has 4 nitrogen and oxygen atoms in total. The first-order chi connectivity index (χ1) is 6.20. The van der Waals surface area contributed by atoms with Gasteiger partial charge < -0.3 is 0 Å². The van der Waals surface area contributed by atoms with Crippen LogP contribution in [0.25, 0.3) is 0 Å². The third-order valence-electron chi connectivity index (χ3n) is 1.84. The number of hydrogen-bond acceptors (Lipinski definition) is 3. The Morgan fingerprint density at radius 3 is 2.92 bits per heavy atom. The first kappa shape index (κ1) is 8.25. The van der Waals surface area contributed by atoms with E-state index in [0.717, 1.165) is 5.56 Å². The van der Waals surface area contributed by atoms with E-state index < -0.39 is 10.0 Å². The van der Waals surface area contributed by atoms with Crippen LogP contribution in [0.1, 0.15) is 5.56 Å². The smallest absolute Gasteiger partial charge is 0.200 e. The van der Waals surface area contributed by atoms with Gasteiger partial charge in [-0.2, -0.15) is 13.5 Å². The molecule has 1 N–H and O–H groups in total. The Labute approximate surface area is 76.3 Å². The van der Waals surface area contributed by atoms with Gasteiger partial charge >= 0.3 is 0 Å². The number of fused-ring (bicyclic) bond motifs is 1. The highest BCUT2D eigenvalue weighted by Crippen LogP contribution is 2.16. The van der Waals surface area contributed by atoms with Crippen LogP contribution in [0.15, 0.2) is 34.3 Å². The van der Waals surface area contributed by atoms with Gasteiger partial charge in [-0.05, 0) is 11.6 Å². The lowest BCUT2D eigenvalue weighted by Gasteiger charge is -2.03. The highest BCUT2D eigenvalue weighted by Gasteiger charge is 2.18. The topological polar surface area (TPSA) is 58.5 Å². The fourth-order valence-electron chi connectivity index (χ4n) is 1.23. The van der Waals surface area contributed by atoms with Gasteiger partial charge in [-0.25, -0.2) is 4.83 Å². The monoisotopic (exact) mass is 196 g/mol. The van der Waals surface area contributed by atoms with Gasteiger partial charge in [0.15, 0.2) is 0 Å². The van der Waals surface area contributed by atoms with Crippen molar-refractivity contribution < 1.29 is 8.42 Å². The standard InChI is InChI=1S/C8H8N2O2S/c11-13(12)8-4-2-1-3-7(8)5-6-9-10-13/h1-4,6,10H,5H2. The zero-order valence-corrected chi connectivity index (χ0v) is 7.58. The summed E-state index contributed by atoms with van der Waals surface area (Å²) in [4.78, 5) is 2.43. The number of sulfonamides is 1. The van der Waals surface area contributed by atoms with E-state index in [1.807, 2.05) is 6.07 Å². The second-order valence-electron chi connectivity index (χ2n) is 2.72. The molecule has 0 bridgehead atoms. The van der Waals surface area contributed by atoms with Crippen LogP contribution >= 0.6 is 0 Å². The van der Waals surface area contributed by atoms with Crippen molar-refractivity contribution in [3.8, 4) is 0 Å². The maximum absolute atomic E-state index is 11.5. The van der Waals surface area contributed by atoms with E-state index in [1.165, 1.54) is 0 Å². The zero-order chi connectivity index (χ0) is 9.31. The number of nitrogens with zero attached hydrogens (tertiary/aromatic N) is 1. The normalized spacial score (nSPS) is 18.5. The molecule has 1 aromatic carbocycles. The Kier molecular flexibility index (Phi) is 1.81. The molecule has 1 heterocycles. The summed E-state index contributed by atoms with van der Waals surface area (Å²) in [5, 5.41) is 3.58. The highest BCUT2D eigenvalue weighted by molar-refractivity contribution is 7.89. The summed E-state index contributed by atoms with van der Waals surface area (Å²) in [7, 11) is -3.43. The summed E-state index contributed by atoms with van der Waals surface area (Å²) in [5.74, 6) is 0. The van der Waals surface area contributed by atoms with Crippen molar-refractivity contribution in [2.75, 3.05) is 0 Å². The molecule has 5 heteroatoms. The molecule has 0 spiro atoms. The summed E-state index contributed by atoms with van der Waals surface area (Å²) < 4.78 is 22.9. The third-order valence-corrected chi connectivity index (χ3v) is 3.16. The minimum Gasteiger partial charge on any atom is -0.200 e. The van der Waals surface area contributed by atoms with Gasteiger partial charge in [0.2, 0.25) is 0 Å². The molecule has 1 aliphatic rings. The molecule has 0 aliphatic carbocycles. The van der Waals surface area contributed by atoms with Crippen LogP contribution in [-0.2, 0) is 16.4 Å². The van der Waals surface area contributed by atoms with Crippen molar-refractivity contribution in [1.29, 1.82) is 0 Å². The van der Waals surface area contributed by atoms with E-state index in [-0.39, 0.29) is 0 Å². The molecule has 1 aliphatic heterocycles. The van der Waals surface area contributed by atoms with Crippen LogP contribution in [0, 0.1) is 0 Å². The van der Waals surface area contributed by atoms with Crippen molar-refractivity contribution in [3.05, 3.63) is 29.8 Å². The molecule has 0 amide bonds. The number of rotatable bonds is 0. The summed E-state index contributed by atoms with van der Waals surface area (Å²) in [6, 6.07) is 6.87. The van der Waals surface area contributed by atoms with Gasteiger partial charge in [0, 0.05) is 12.6 Å². The molecule has 0 radical (unpaired) electrons. The Morgan fingerprint density at radius 1 is 1.31 bits per heavy atom. The molecule has 2 rings (SSSR count). The molecule has 1 aromatic rings. The number of hydrazone groups is 1. The third kappa shape index (κ3) is 1.42. The first-order valence-electron chi connectivity index (χ1n) is 3.81. The predicted octanol–water partition coefficient (Wildman–Crippen LogP) is 0.507. The first-order valence-corrected chi connectivity index (χ1v) is 5.30. The summed E-state index contributed by atoms with van der Waals surface area (Å²) >= 11 is 0. The van der Waals surface area contributed by atoms with Crippen LogP contribution < -0.4 is 4.83 Å². The lowest BCUT2D eigenvalue weighted by atomic mass is 10.2. The molecular formula is C8H8N2O2S. The molecule has 68 valence electrons. The average Bonchev–Trinajstić information content (AvgIpc) is 2.26. The molecule has 0 saturated carbocycles. The highest BCUT2D eigenvalue weighted by atomic mass is 32.2. The van der Waals surface area contributed by atoms with E-state index >= 15 is 0 Å². The Balaban J connectivity index is 2.68. The predicted molar refractivity (Wildman–Crippen MR) is 49.0 cm³/mol. The van der Waals surface area contributed by atoms with Gasteiger partial charge in [0.25, 0.3) is 10.0 Å².